The van der Waals surface area contributed by atoms with Crippen molar-refractivity contribution in [1.29, 1.82) is 0 Å². The molecule has 1 atom stereocenters. The zero-order chi connectivity index (χ0) is 14.0. The Labute approximate surface area is 111 Å². The van der Waals surface area contributed by atoms with Gasteiger partial charge in [-0.05, 0) is 36.6 Å². The van der Waals surface area contributed by atoms with Crippen LogP contribution >= 0.6 is 0 Å². The van der Waals surface area contributed by atoms with Crippen molar-refractivity contribution < 1.29 is 9.90 Å². The van der Waals surface area contributed by atoms with Crippen LogP contribution in [0.3, 0.4) is 0 Å². The topological polar surface area (TPSA) is 92.0 Å². The summed E-state index contributed by atoms with van der Waals surface area (Å²) in [6, 6.07) is 5.20. The third-order valence-electron chi connectivity index (χ3n) is 3.18. The number of aryl methyl sites for hydroxylation is 2. The number of nitrogens with zero attached hydrogens (tertiary/aromatic N) is 1. The van der Waals surface area contributed by atoms with E-state index in [1.165, 1.54) is 11.1 Å². The summed E-state index contributed by atoms with van der Waals surface area (Å²) in [5.74, 6) is -0.438. The molecule has 0 bridgehead atoms. The molecular weight excluding hydrogens is 242 g/mol. The number of nitrogens with one attached hydrogen (secondary N) is 1. The summed E-state index contributed by atoms with van der Waals surface area (Å²) in [5, 5.41) is 8.77. The van der Waals surface area contributed by atoms with E-state index in [9.17, 15) is 4.79 Å². The second-order valence-electron chi connectivity index (χ2n) is 4.69. The van der Waals surface area contributed by atoms with Gasteiger partial charge in [-0.3, -0.25) is 4.79 Å². The van der Waals surface area contributed by atoms with Crippen LogP contribution in [-0.4, -0.2) is 27.1 Å². The van der Waals surface area contributed by atoms with Crippen LogP contribution in [0.15, 0.2) is 24.4 Å². The van der Waals surface area contributed by atoms with Gasteiger partial charge in [-0.15, -0.1) is 0 Å². The number of aromatic nitrogens is 2. The smallest absolute Gasteiger partial charge is 0.320 e. The highest BCUT2D eigenvalue weighted by Crippen LogP contribution is 2.20. The van der Waals surface area contributed by atoms with E-state index in [-0.39, 0.29) is 6.42 Å². The Bertz CT molecular complexity index is 604. The molecule has 1 aromatic carbocycles. The van der Waals surface area contributed by atoms with E-state index in [1.807, 2.05) is 12.1 Å². The number of hydrogen-bond acceptors (Lipinski definition) is 3. The van der Waals surface area contributed by atoms with Gasteiger partial charge in [-0.1, -0.05) is 12.1 Å². The summed E-state index contributed by atoms with van der Waals surface area (Å²) in [4.78, 5) is 18.0. The zero-order valence-corrected chi connectivity index (χ0v) is 11.0. The lowest BCUT2D eigenvalue weighted by atomic mass is 10.0. The molecule has 1 heterocycles. The van der Waals surface area contributed by atoms with Crippen molar-refractivity contribution in [2.45, 2.75) is 26.3 Å². The van der Waals surface area contributed by atoms with Crippen LogP contribution in [0.25, 0.3) is 11.3 Å². The molecule has 0 saturated heterocycles. The summed E-state index contributed by atoms with van der Waals surface area (Å²) in [7, 11) is 0. The molecule has 0 aliphatic carbocycles. The van der Waals surface area contributed by atoms with Gasteiger partial charge in [0.15, 0.2) is 0 Å². The molecule has 0 radical (unpaired) electrons. The van der Waals surface area contributed by atoms with Gasteiger partial charge in [0.05, 0.1) is 11.9 Å². The molecule has 5 nitrogen and oxygen atoms in total. The first-order valence-electron chi connectivity index (χ1n) is 6.07. The number of imidazole rings is 1. The summed E-state index contributed by atoms with van der Waals surface area (Å²) in [6.45, 7) is 4.11. The molecule has 0 aliphatic heterocycles. The molecule has 4 N–H and O–H groups in total. The van der Waals surface area contributed by atoms with Gasteiger partial charge >= 0.3 is 5.97 Å². The fraction of sp³-hybridized carbons (Fsp3) is 0.286. The maximum absolute atomic E-state index is 10.7. The number of carboxylic acid groups (broad SMARTS) is 1. The molecule has 0 spiro atoms. The van der Waals surface area contributed by atoms with Crippen LogP contribution in [0.2, 0.25) is 0 Å². The molecular formula is C14H17N3O2. The van der Waals surface area contributed by atoms with Gasteiger partial charge < -0.3 is 15.8 Å². The first kappa shape index (κ1) is 13.3. The van der Waals surface area contributed by atoms with Gasteiger partial charge in [0.2, 0.25) is 0 Å². The second-order valence-corrected chi connectivity index (χ2v) is 4.69. The van der Waals surface area contributed by atoms with Crippen LogP contribution in [0.4, 0.5) is 0 Å². The normalized spacial score (nSPS) is 12.4. The molecule has 0 amide bonds. The number of aromatic amines is 1. The van der Waals surface area contributed by atoms with Crippen molar-refractivity contribution in [3.8, 4) is 11.3 Å². The second kappa shape index (κ2) is 5.24. The lowest BCUT2D eigenvalue weighted by Crippen LogP contribution is -2.32. The van der Waals surface area contributed by atoms with Gasteiger partial charge in [-0.2, -0.15) is 0 Å². The predicted octanol–water partition coefficient (Wildman–Crippen LogP) is 1.65. The Morgan fingerprint density at radius 1 is 1.42 bits per heavy atom. The van der Waals surface area contributed by atoms with E-state index in [2.05, 4.69) is 29.9 Å². The number of carboxylic acids is 1. The van der Waals surface area contributed by atoms with E-state index in [4.69, 9.17) is 10.8 Å². The Morgan fingerprint density at radius 2 is 2.16 bits per heavy atom. The van der Waals surface area contributed by atoms with Crippen molar-refractivity contribution in [2.24, 2.45) is 5.73 Å². The Kier molecular flexibility index (Phi) is 3.66. The average Bonchev–Trinajstić information content (AvgIpc) is 2.81. The van der Waals surface area contributed by atoms with Crippen molar-refractivity contribution in [2.75, 3.05) is 0 Å². The van der Waals surface area contributed by atoms with Crippen LogP contribution < -0.4 is 5.73 Å². The van der Waals surface area contributed by atoms with Gasteiger partial charge in [0, 0.05) is 6.42 Å². The third kappa shape index (κ3) is 3.00. The largest absolute Gasteiger partial charge is 0.480 e. The average molecular weight is 259 g/mol. The SMILES string of the molecule is Cc1ccc(-c2cnc(CC(N)C(=O)O)[nH]2)cc1C. The molecule has 2 aromatic rings. The number of aliphatic carboxylic acids is 1. The minimum absolute atomic E-state index is 0.195. The summed E-state index contributed by atoms with van der Waals surface area (Å²) >= 11 is 0. The first-order chi connectivity index (χ1) is 8.97. The van der Waals surface area contributed by atoms with E-state index in [0.717, 1.165) is 11.3 Å². The molecule has 1 aromatic heterocycles. The van der Waals surface area contributed by atoms with Crippen molar-refractivity contribution in [3.05, 3.63) is 41.3 Å². The number of carbonyl (C=O) groups is 1. The van der Waals surface area contributed by atoms with E-state index >= 15 is 0 Å². The monoisotopic (exact) mass is 259 g/mol. The van der Waals surface area contributed by atoms with E-state index in [1.54, 1.807) is 6.20 Å². The Balaban J connectivity index is 2.20. The fourth-order valence-electron chi connectivity index (χ4n) is 1.82. The van der Waals surface area contributed by atoms with Gasteiger partial charge in [0.25, 0.3) is 0 Å². The highest BCUT2D eigenvalue weighted by Gasteiger charge is 2.14. The van der Waals surface area contributed by atoms with Crippen LogP contribution in [-0.2, 0) is 11.2 Å². The Morgan fingerprint density at radius 3 is 2.79 bits per heavy atom. The molecule has 5 heteroatoms. The van der Waals surface area contributed by atoms with Crippen LogP contribution in [0.1, 0.15) is 17.0 Å². The van der Waals surface area contributed by atoms with Crippen molar-refractivity contribution in [3.63, 3.8) is 0 Å². The Hall–Kier alpha value is -2.14. The van der Waals surface area contributed by atoms with E-state index in [0.29, 0.717) is 5.82 Å². The number of H-pyrrole nitrogens is 1. The van der Waals surface area contributed by atoms with Gasteiger partial charge in [-0.25, -0.2) is 4.98 Å². The minimum Gasteiger partial charge on any atom is -0.480 e. The van der Waals surface area contributed by atoms with Crippen LogP contribution in [0.5, 0.6) is 0 Å². The number of benzene rings is 1. The minimum atomic E-state index is -1.02. The molecule has 100 valence electrons. The van der Waals surface area contributed by atoms with Gasteiger partial charge in [0.1, 0.15) is 11.9 Å². The molecule has 0 saturated carbocycles. The number of rotatable bonds is 4. The number of hydrogen-bond donors (Lipinski definition) is 3. The molecule has 1 unspecified atom stereocenters. The van der Waals surface area contributed by atoms with Crippen molar-refractivity contribution >= 4 is 5.97 Å². The lowest BCUT2D eigenvalue weighted by molar-refractivity contribution is -0.138. The summed E-state index contributed by atoms with van der Waals surface area (Å²) in [6.07, 6.45) is 1.90. The number of nitrogens with two attached hydrogens (primary N) is 1. The summed E-state index contributed by atoms with van der Waals surface area (Å²) in [5.41, 5.74) is 9.82. The lowest BCUT2D eigenvalue weighted by Gasteiger charge is -2.04. The standard InChI is InChI=1S/C14H17N3O2/c1-8-3-4-10(5-9(8)2)12-7-16-13(17-12)6-11(15)14(18)19/h3-5,7,11H,6,15H2,1-2H3,(H,16,17)(H,18,19). The molecule has 2 rings (SSSR count). The maximum Gasteiger partial charge on any atom is 0.320 e. The van der Waals surface area contributed by atoms with E-state index < -0.39 is 12.0 Å². The predicted molar refractivity (Wildman–Crippen MR) is 72.8 cm³/mol. The molecule has 19 heavy (non-hydrogen) atoms. The fourth-order valence-corrected chi connectivity index (χ4v) is 1.82. The molecule has 0 fully saturated rings. The third-order valence-corrected chi connectivity index (χ3v) is 3.18. The molecule has 0 aliphatic rings. The zero-order valence-electron chi connectivity index (χ0n) is 11.0. The first-order valence-corrected chi connectivity index (χ1v) is 6.07. The quantitative estimate of drug-likeness (QED) is 0.778. The van der Waals surface area contributed by atoms with Crippen LogP contribution in [0, 0.1) is 13.8 Å². The highest BCUT2D eigenvalue weighted by atomic mass is 16.4. The maximum atomic E-state index is 10.7. The summed E-state index contributed by atoms with van der Waals surface area (Å²) < 4.78 is 0. The van der Waals surface area contributed by atoms with Crippen molar-refractivity contribution in [1.82, 2.24) is 9.97 Å². The highest BCUT2D eigenvalue weighted by molar-refractivity contribution is 5.73.